The Kier molecular flexibility index (Phi) is 7.18. The molecule has 7 heteroatoms. The summed E-state index contributed by atoms with van der Waals surface area (Å²) in [7, 11) is -3.71. The van der Waals surface area contributed by atoms with E-state index in [1.807, 2.05) is 13.8 Å². The lowest BCUT2D eigenvalue weighted by molar-refractivity contribution is 0.0666. The third-order valence-corrected chi connectivity index (χ3v) is 6.11. The number of carbonyl (C=O) groups excluding carboxylic acids is 1. The van der Waals surface area contributed by atoms with Crippen LogP contribution in [0, 0.1) is 5.82 Å². The van der Waals surface area contributed by atoms with Crippen LogP contribution in [0.25, 0.3) is 0 Å². The molecule has 1 atom stereocenters. The van der Waals surface area contributed by atoms with Gasteiger partial charge in [-0.05, 0) is 57.0 Å². The van der Waals surface area contributed by atoms with Gasteiger partial charge in [0.25, 0.3) is 5.91 Å². The van der Waals surface area contributed by atoms with Gasteiger partial charge in [-0.1, -0.05) is 31.2 Å². The van der Waals surface area contributed by atoms with Gasteiger partial charge in [0.2, 0.25) is 0 Å². The van der Waals surface area contributed by atoms with Crippen molar-refractivity contribution in [2.75, 3.05) is 0 Å². The van der Waals surface area contributed by atoms with Crippen molar-refractivity contribution in [1.82, 2.24) is 4.90 Å². The van der Waals surface area contributed by atoms with E-state index >= 15 is 0 Å². The molecular formula is C21H26FNO4S. The van der Waals surface area contributed by atoms with E-state index in [0.717, 1.165) is 0 Å². The summed E-state index contributed by atoms with van der Waals surface area (Å²) < 4.78 is 43.2. The molecule has 2 aromatic rings. The van der Waals surface area contributed by atoms with Crippen LogP contribution in [0.4, 0.5) is 4.39 Å². The van der Waals surface area contributed by atoms with E-state index in [-0.39, 0.29) is 23.9 Å². The minimum absolute atomic E-state index is 0.0117. The van der Waals surface area contributed by atoms with Crippen molar-refractivity contribution >= 4 is 16.0 Å². The fourth-order valence-corrected chi connectivity index (χ4v) is 3.12. The number of nitrogens with zero attached hydrogens (tertiary/aromatic N) is 1. The molecule has 0 saturated heterocycles. The highest BCUT2D eigenvalue weighted by Crippen LogP contribution is 2.21. The number of halogens is 1. The number of hydrogen-bond acceptors (Lipinski definition) is 4. The smallest absolute Gasteiger partial charge is 0.311 e. The zero-order valence-electron chi connectivity index (χ0n) is 16.6. The molecule has 152 valence electrons. The summed E-state index contributed by atoms with van der Waals surface area (Å²) in [6.45, 7) is 7.12. The SMILES string of the molecule is CC[C@H](C)N(Cc1cccc(OS(=O)(=O)C(C)C)c1)C(=O)c1ccccc1F. The predicted octanol–water partition coefficient (Wildman–Crippen LogP) is 4.38. The van der Waals surface area contributed by atoms with Crippen LogP contribution in [0.3, 0.4) is 0 Å². The molecule has 0 aliphatic heterocycles. The highest BCUT2D eigenvalue weighted by atomic mass is 32.2. The van der Waals surface area contributed by atoms with E-state index in [2.05, 4.69) is 0 Å². The van der Waals surface area contributed by atoms with Gasteiger partial charge < -0.3 is 9.08 Å². The second-order valence-electron chi connectivity index (χ2n) is 6.94. The van der Waals surface area contributed by atoms with Gasteiger partial charge in [0.05, 0.1) is 10.8 Å². The van der Waals surface area contributed by atoms with Gasteiger partial charge in [-0.25, -0.2) is 4.39 Å². The average Bonchev–Trinajstić information content (AvgIpc) is 2.65. The molecule has 0 aliphatic carbocycles. The summed E-state index contributed by atoms with van der Waals surface area (Å²) in [5, 5.41) is -0.671. The maximum atomic E-state index is 14.1. The van der Waals surface area contributed by atoms with Crippen molar-refractivity contribution in [1.29, 1.82) is 0 Å². The van der Waals surface area contributed by atoms with E-state index in [9.17, 15) is 17.6 Å². The Hall–Kier alpha value is -2.41. The summed E-state index contributed by atoms with van der Waals surface area (Å²) >= 11 is 0. The molecule has 0 saturated carbocycles. The van der Waals surface area contributed by atoms with E-state index in [1.54, 1.807) is 35.2 Å². The number of benzene rings is 2. The molecule has 1 amide bonds. The number of hydrogen-bond donors (Lipinski definition) is 0. The fraction of sp³-hybridized carbons (Fsp3) is 0.381. The topological polar surface area (TPSA) is 63.7 Å². The van der Waals surface area contributed by atoms with Crippen LogP contribution >= 0.6 is 0 Å². The fourth-order valence-electron chi connectivity index (χ4n) is 2.56. The van der Waals surface area contributed by atoms with E-state index in [0.29, 0.717) is 12.0 Å². The number of carbonyl (C=O) groups is 1. The molecule has 0 heterocycles. The van der Waals surface area contributed by atoms with E-state index in [4.69, 9.17) is 4.18 Å². The monoisotopic (exact) mass is 407 g/mol. The third-order valence-electron chi connectivity index (χ3n) is 4.53. The first-order valence-corrected chi connectivity index (χ1v) is 10.7. The Morgan fingerprint density at radius 1 is 1.11 bits per heavy atom. The van der Waals surface area contributed by atoms with E-state index in [1.165, 1.54) is 32.0 Å². The minimum Gasteiger partial charge on any atom is -0.382 e. The van der Waals surface area contributed by atoms with Crippen molar-refractivity contribution < 1.29 is 21.8 Å². The Morgan fingerprint density at radius 3 is 2.39 bits per heavy atom. The van der Waals surface area contributed by atoms with Crippen molar-refractivity contribution in [3.05, 3.63) is 65.5 Å². The molecular weight excluding hydrogens is 381 g/mol. The zero-order valence-corrected chi connectivity index (χ0v) is 17.4. The lowest BCUT2D eigenvalue weighted by Crippen LogP contribution is -2.38. The summed E-state index contributed by atoms with van der Waals surface area (Å²) in [5.74, 6) is -0.789. The zero-order chi connectivity index (χ0) is 20.9. The Balaban J connectivity index is 2.30. The molecule has 0 aliphatic rings. The molecule has 0 radical (unpaired) electrons. The van der Waals surface area contributed by atoms with Crippen LogP contribution in [0.2, 0.25) is 0 Å². The minimum atomic E-state index is -3.71. The molecule has 0 aromatic heterocycles. The van der Waals surface area contributed by atoms with Gasteiger partial charge in [-0.2, -0.15) is 8.42 Å². The number of amides is 1. The lowest BCUT2D eigenvalue weighted by Gasteiger charge is -2.29. The summed E-state index contributed by atoms with van der Waals surface area (Å²) in [6, 6.07) is 12.3. The molecule has 28 heavy (non-hydrogen) atoms. The highest BCUT2D eigenvalue weighted by molar-refractivity contribution is 7.87. The van der Waals surface area contributed by atoms with Gasteiger partial charge in [-0.3, -0.25) is 4.79 Å². The Labute approximate surface area is 166 Å². The molecule has 2 aromatic carbocycles. The largest absolute Gasteiger partial charge is 0.382 e. The summed E-state index contributed by atoms with van der Waals surface area (Å²) in [4.78, 5) is 14.5. The van der Waals surface area contributed by atoms with Crippen molar-refractivity contribution in [2.45, 2.75) is 52.0 Å². The summed E-state index contributed by atoms with van der Waals surface area (Å²) in [5.41, 5.74) is 0.707. The van der Waals surface area contributed by atoms with Crippen molar-refractivity contribution in [2.24, 2.45) is 0 Å². The molecule has 0 unspecified atom stereocenters. The second kappa shape index (κ2) is 9.19. The first kappa shape index (κ1) is 21.9. The third kappa shape index (κ3) is 5.32. The number of rotatable bonds is 8. The highest BCUT2D eigenvalue weighted by Gasteiger charge is 2.24. The molecule has 0 spiro atoms. The normalized spacial score (nSPS) is 12.6. The van der Waals surface area contributed by atoms with Crippen molar-refractivity contribution in [3.8, 4) is 5.75 Å². The first-order valence-electron chi connectivity index (χ1n) is 9.23. The summed E-state index contributed by atoms with van der Waals surface area (Å²) in [6.07, 6.45) is 0.693. The van der Waals surface area contributed by atoms with Crippen LogP contribution in [0.5, 0.6) is 5.75 Å². The molecule has 5 nitrogen and oxygen atoms in total. The van der Waals surface area contributed by atoms with Gasteiger partial charge >= 0.3 is 10.1 Å². The van der Waals surface area contributed by atoms with Crippen molar-refractivity contribution in [3.63, 3.8) is 0 Å². The maximum Gasteiger partial charge on any atom is 0.311 e. The van der Waals surface area contributed by atoms with Crippen LogP contribution in [0.15, 0.2) is 48.5 Å². The quantitative estimate of drug-likeness (QED) is 0.609. The Morgan fingerprint density at radius 2 is 1.79 bits per heavy atom. The predicted molar refractivity (Wildman–Crippen MR) is 107 cm³/mol. The first-order chi connectivity index (χ1) is 13.2. The van der Waals surface area contributed by atoms with Crippen LogP contribution in [-0.4, -0.2) is 30.5 Å². The Bertz CT molecular complexity index is 928. The van der Waals surface area contributed by atoms with Crippen LogP contribution < -0.4 is 4.18 Å². The molecule has 0 bridgehead atoms. The standard InChI is InChI=1S/C21H26FNO4S/c1-5-16(4)23(21(24)19-11-6-7-12-20(19)22)14-17-9-8-10-18(13-17)27-28(25,26)15(2)3/h6-13,15-16H,5,14H2,1-4H3/t16-/m0/s1. The van der Waals surface area contributed by atoms with Gasteiger partial charge in [0.15, 0.2) is 0 Å². The lowest BCUT2D eigenvalue weighted by atomic mass is 10.1. The van der Waals surface area contributed by atoms with Gasteiger partial charge in [0.1, 0.15) is 11.6 Å². The van der Waals surface area contributed by atoms with E-state index < -0.39 is 27.1 Å². The second-order valence-corrected chi connectivity index (χ2v) is 9.04. The molecule has 0 fully saturated rings. The van der Waals surface area contributed by atoms with Gasteiger partial charge in [0, 0.05) is 12.6 Å². The van der Waals surface area contributed by atoms with Crippen LogP contribution in [-0.2, 0) is 16.7 Å². The maximum absolute atomic E-state index is 14.1. The van der Waals surface area contributed by atoms with Gasteiger partial charge in [-0.15, -0.1) is 0 Å². The average molecular weight is 408 g/mol. The molecule has 0 N–H and O–H groups in total. The van der Waals surface area contributed by atoms with Crippen LogP contribution in [0.1, 0.15) is 50.0 Å². The molecule has 2 rings (SSSR count).